The highest BCUT2D eigenvalue weighted by atomic mass is 79.9. The number of aliphatic hydroxyl groups excluding tert-OH is 1. The van der Waals surface area contributed by atoms with Crippen molar-refractivity contribution < 1.29 is 5.11 Å². The summed E-state index contributed by atoms with van der Waals surface area (Å²) in [7, 11) is 0. The summed E-state index contributed by atoms with van der Waals surface area (Å²) < 4.78 is 0.901. The molecular weight excluding hydrogens is 361 g/mol. The van der Waals surface area contributed by atoms with Gasteiger partial charge in [0.1, 0.15) is 0 Å². The molecule has 0 aliphatic rings. The summed E-state index contributed by atoms with van der Waals surface area (Å²) in [4.78, 5) is 0. The molecule has 2 aromatic carbocycles. The fourth-order valence-corrected chi connectivity index (χ4v) is 2.99. The molecule has 0 aliphatic carbocycles. The number of benzene rings is 2. The van der Waals surface area contributed by atoms with Crippen LogP contribution in [0.1, 0.15) is 12.5 Å². The molecule has 0 heterocycles. The third kappa shape index (κ3) is 3.47. The number of nitrogens with one attached hydrogen (secondary N) is 1. The molecule has 2 rings (SSSR count). The van der Waals surface area contributed by atoms with E-state index < -0.39 is 5.54 Å². The Balaban J connectivity index is 2.35. The molecule has 106 valence electrons. The maximum atomic E-state index is 9.79. The lowest BCUT2D eigenvalue weighted by Crippen LogP contribution is -2.36. The fraction of sp³-hybridized carbons (Fsp3) is 0.200. The maximum absolute atomic E-state index is 9.79. The van der Waals surface area contributed by atoms with Gasteiger partial charge in [-0.1, -0.05) is 45.2 Å². The van der Waals surface area contributed by atoms with Gasteiger partial charge in [0.2, 0.25) is 0 Å². The van der Waals surface area contributed by atoms with Gasteiger partial charge in [-0.25, -0.2) is 0 Å². The van der Waals surface area contributed by atoms with Crippen LogP contribution in [0.4, 0.5) is 5.69 Å². The van der Waals surface area contributed by atoms with Crippen LogP contribution in [0.15, 0.2) is 46.9 Å². The first-order chi connectivity index (χ1) is 9.44. The van der Waals surface area contributed by atoms with Gasteiger partial charge in [-0.2, -0.15) is 0 Å². The summed E-state index contributed by atoms with van der Waals surface area (Å²) in [6, 6.07) is 12.9. The minimum atomic E-state index is -0.675. The second kappa shape index (κ2) is 6.35. The maximum Gasteiger partial charge on any atom is 0.0842 e. The van der Waals surface area contributed by atoms with Crippen molar-refractivity contribution in [1.29, 1.82) is 0 Å². The van der Waals surface area contributed by atoms with Gasteiger partial charge in [0, 0.05) is 20.2 Å². The van der Waals surface area contributed by atoms with E-state index in [1.807, 2.05) is 37.3 Å². The monoisotopic (exact) mass is 373 g/mol. The number of halogens is 3. The van der Waals surface area contributed by atoms with Crippen LogP contribution < -0.4 is 5.32 Å². The van der Waals surface area contributed by atoms with Crippen molar-refractivity contribution in [2.45, 2.75) is 12.5 Å². The molecule has 1 unspecified atom stereocenters. The number of hydrogen-bond acceptors (Lipinski definition) is 2. The van der Waals surface area contributed by atoms with Gasteiger partial charge in [0.25, 0.3) is 0 Å². The molecule has 1 atom stereocenters. The second-order valence-electron chi connectivity index (χ2n) is 4.75. The Morgan fingerprint density at radius 1 is 1.15 bits per heavy atom. The lowest BCUT2D eigenvalue weighted by molar-refractivity contribution is 0.224. The van der Waals surface area contributed by atoms with Crippen LogP contribution in [0.25, 0.3) is 0 Å². The third-order valence-electron chi connectivity index (χ3n) is 3.11. The van der Waals surface area contributed by atoms with Crippen LogP contribution in [0.3, 0.4) is 0 Å². The van der Waals surface area contributed by atoms with Gasteiger partial charge < -0.3 is 10.4 Å². The minimum Gasteiger partial charge on any atom is -0.394 e. The summed E-state index contributed by atoms with van der Waals surface area (Å²) in [5.41, 5.74) is 1.02. The largest absolute Gasteiger partial charge is 0.394 e. The molecule has 0 amide bonds. The Hall–Kier alpha value is -0.740. The van der Waals surface area contributed by atoms with Crippen molar-refractivity contribution in [3.8, 4) is 0 Å². The van der Waals surface area contributed by atoms with E-state index in [4.69, 9.17) is 23.2 Å². The van der Waals surface area contributed by atoms with Crippen LogP contribution in [-0.2, 0) is 5.54 Å². The first-order valence-electron chi connectivity index (χ1n) is 6.05. The number of hydrogen-bond donors (Lipinski definition) is 2. The van der Waals surface area contributed by atoms with Gasteiger partial charge in [-0.05, 0) is 48.9 Å². The zero-order chi connectivity index (χ0) is 14.8. The molecule has 0 spiro atoms. The highest BCUT2D eigenvalue weighted by Crippen LogP contribution is 2.33. The molecular formula is C15H14BrCl2NO. The zero-order valence-electron chi connectivity index (χ0n) is 10.8. The van der Waals surface area contributed by atoms with E-state index in [1.165, 1.54) is 0 Å². The highest BCUT2D eigenvalue weighted by molar-refractivity contribution is 9.10. The minimum absolute atomic E-state index is 0.0863. The number of rotatable bonds is 4. The molecule has 2 nitrogen and oxygen atoms in total. The first kappa shape index (κ1) is 15.6. The zero-order valence-corrected chi connectivity index (χ0v) is 13.9. The van der Waals surface area contributed by atoms with Crippen LogP contribution >= 0.6 is 39.1 Å². The Bertz CT molecular complexity index is 603. The molecule has 0 aliphatic heterocycles. The third-order valence-corrected chi connectivity index (χ3v) is 4.16. The highest BCUT2D eigenvalue weighted by Gasteiger charge is 2.28. The molecule has 0 saturated heterocycles. The van der Waals surface area contributed by atoms with E-state index in [-0.39, 0.29) is 6.61 Å². The van der Waals surface area contributed by atoms with E-state index in [9.17, 15) is 5.11 Å². The Morgan fingerprint density at radius 3 is 2.35 bits per heavy atom. The summed E-state index contributed by atoms with van der Waals surface area (Å²) in [5, 5.41) is 14.4. The predicted octanol–water partition coefficient (Wildman–Crippen LogP) is 5.08. The molecule has 0 radical (unpaired) electrons. The quantitative estimate of drug-likeness (QED) is 0.782. The molecule has 2 aromatic rings. The van der Waals surface area contributed by atoms with Gasteiger partial charge in [0.05, 0.1) is 12.1 Å². The topological polar surface area (TPSA) is 32.3 Å². The number of anilines is 1. The van der Waals surface area contributed by atoms with Crippen LogP contribution in [-0.4, -0.2) is 11.7 Å². The van der Waals surface area contributed by atoms with Crippen molar-refractivity contribution in [3.05, 3.63) is 62.5 Å². The predicted molar refractivity (Wildman–Crippen MR) is 88.7 cm³/mol. The summed E-state index contributed by atoms with van der Waals surface area (Å²) >= 11 is 15.5. The van der Waals surface area contributed by atoms with Crippen molar-refractivity contribution in [2.24, 2.45) is 0 Å². The Morgan fingerprint density at radius 2 is 1.80 bits per heavy atom. The molecule has 0 fully saturated rings. The summed E-state index contributed by atoms with van der Waals surface area (Å²) in [6.07, 6.45) is 0. The lowest BCUT2D eigenvalue weighted by atomic mass is 9.92. The Kier molecular flexibility index (Phi) is 4.97. The SMILES string of the molecule is CC(CO)(Nc1ccc(Cl)cc1)c1ccc(Br)cc1Cl. The van der Waals surface area contributed by atoms with Gasteiger partial charge in [0.15, 0.2) is 0 Å². The fourth-order valence-electron chi connectivity index (χ4n) is 1.98. The molecule has 5 heteroatoms. The number of aliphatic hydroxyl groups is 1. The van der Waals surface area contributed by atoms with Crippen LogP contribution in [0, 0.1) is 0 Å². The standard InChI is InChI=1S/C15H14BrCl2NO/c1-15(9-20,13-7-2-10(16)8-14(13)18)19-12-5-3-11(17)4-6-12/h2-8,19-20H,9H2,1H3. The van der Waals surface area contributed by atoms with E-state index >= 15 is 0 Å². The van der Waals surface area contributed by atoms with Crippen molar-refractivity contribution in [1.82, 2.24) is 0 Å². The average Bonchev–Trinajstić information content (AvgIpc) is 2.41. The van der Waals surface area contributed by atoms with E-state index in [1.54, 1.807) is 12.1 Å². The van der Waals surface area contributed by atoms with Crippen LogP contribution in [0.5, 0.6) is 0 Å². The molecule has 0 bridgehead atoms. The van der Waals surface area contributed by atoms with E-state index in [2.05, 4.69) is 21.2 Å². The van der Waals surface area contributed by atoms with Gasteiger partial charge in [-0.15, -0.1) is 0 Å². The first-order valence-corrected chi connectivity index (χ1v) is 7.60. The molecule has 2 N–H and O–H groups in total. The van der Waals surface area contributed by atoms with Crippen molar-refractivity contribution >= 4 is 44.8 Å². The Labute approximate surface area is 136 Å². The molecule has 0 saturated carbocycles. The smallest absolute Gasteiger partial charge is 0.0842 e. The van der Waals surface area contributed by atoms with Crippen LogP contribution in [0.2, 0.25) is 10.0 Å². The van der Waals surface area contributed by atoms with Crippen molar-refractivity contribution in [2.75, 3.05) is 11.9 Å². The molecule has 20 heavy (non-hydrogen) atoms. The van der Waals surface area contributed by atoms with E-state index in [0.717, 1.165) is 15.7 Å². The second-order valence-corrected chi connectivity index (χ2v) is 6.51. The lowest BCUT2D eigenvalue weighted by Gasteiger charge is -2.31. The summed E-state index contributed by atoms with van der Waals surface area (Å²) in [5.74, 6) is 0. The van der Waals surface area contributed by atoms with Gasteiger partial charge in [-0.3, -0.25) is 0 Å². The van der Waals surface area contributed by atoms with Crippen molar-refractivity contribution in [3.63, 3.8) is 0 Å². The average molecular weight is 375 g/mol. The summed E-state index contributed by atoms with van der Waals surface area (Å²) in [6.45, 7) is 1.81. The van der Waals surface area contributed by atoms with E-state index in [0.29, 0.717) is 10.0 Å². The molecule has 0 aromatic heterocycles. The van der Waals surface area contributed by atoms with Gasteiger partial charge >= 0.3 is 0 Å². The normalized spacial score (nSPS) is 13.8.